The van der Waals surface area contributed by atoms with Gasteiger partial charge in [0.25, 0.3) is 11.8 Å². The molecule has 0 aliphatic carbocycles. The summed E-state index contributed by atoms with van der Waals surface area (Å²) < 4.78 is 73.7. The normalized spacial score (nSPS) is 26.0. The number of halogens is 5. The number of nitrogens with zero attached hydrogens (tertiary/aromatic N) is 1. The van der Waals surface area contributed by atoms with Gasteiger partial charge in [0.2, 0.25) is 0 Å². The Morgan fingerprint density at radius 2 is 1.84 bits per heavy atom. The van der Waals surface area contributed by atoms with Gasteiger partial charge in [-0.15, -0.1) is 0 Å². The largest absolute Gasteiger partial charge is 0.417 e. The predicted molar refractivity (Wildman–Crippen MR) is 99.0 cm³/mol. The van der Waals surface area contributed by atoms with Gasteiger partial charge in [0.05, 0.1) is 0 Å². The second-order valence-electron chi connectivity index (χ2n) is 7.41. The third kappa shape index (κ3) is 4.09. The Labute approximate surface area is 173 Å². The number of ether oxygens (including phenoxy) is 1. The van der Waals surface area contributed by atoms with Crippen LogP contribution in [-0.2, 0) is 9.53 Å². The molecule has 2 aromatic rings. The van der Waals surface area contributed by atoms with E-state index in [0.29, 0.717) is 0 Å². The smallest absolute Gasteiger partial charge is 0.364 e. The van der Waals surface area contributed by atoms with Gasteiger partial charge < -0.3 is 15.8 Å². The number of pyridine rings is 1. The van der Waals surface area contributed by atoms with Crippen molar-refractivity contribution in [2.75, 3.05) is 5.32 Å². The van der Waals surface area contributed by atoms with E-state index in [1.54, 1.807) is 0 Å². The summed E-state index contributed by atoms with van der Waals surface area (Å²) in [6.07, 6.45) is -5.34. The van der Waals surface area contributed by atoms with Crippen molar-refractivity contribution in [2.24, 2.45) is 11.7 Å². The molecule has 11 heteroatoms. The van der Waals surface area contributed by atoms with Gasteiger partial charge in [-0.2, -0.15) is 13.2 Å². The summed E-state index contributed by atoms with van der Waals surface area (Å²) in [6, 6.07) is 5.09. The molecule has 3 N–H and O–H groups in total. The van der Waals surface area contributed by atoms with Crippen LogP contribution in [0, 0.1) is 17.6 Å². The number of primary amides is 1. The van der Waals surface area contributed by atoms with Crippen molar-refractivity contribution in [1.82, 2.24) is 4.98 Å². The van der Waals surface area contributed by atoms with Crippen molar-refractivity contribution >= 4 is 17.5 Å². The van der Waals surface area contributed by atoms with Crippen molar-refractivity contribution in [1.29, 1.82) is 0 Å². The number of alkyl halides is 3. The number of carbonyl (C=O) groups is 2. The zero-order valence-electron chi connectivity index (χ0n) is 16.3. The molecule has 166 valence electrons. The number of carbonyl (C=O) groups excluding carboxylic acids is 2. The Morgan fingerprint density at radius 1 is 1.16 bits per heavy atom. The van der Waals surface area contributed by atoms with Crippen molar-refractivity contribution < 1.29 is 36.3 Å². The number of anilines is 1. The summed E-state index contributed by atoms with van der Waals surface area (Å²) in [5, 5.41) is 2.37. The van der Waals surface area contributed by atoms with Crippen molar-refractivity contribution in [3.63, 3.8) is 0 Å². The number of benzene rings is 1. The molecule has 0 unspecified atom stereocenters. The molecule has 1 aromatic carbocycles. The third-order valence-electron chi connectivity index (χ3n) is 5.54. The Hall–Kier alpha value is -3.08. The minimum atomic E-state index is -4.84. The van der Waals surface area contributed by atoms with Gasteiger partial charge in [0.15, 0.2) is 17.2 Å². The second kappa shape index (κ2) is 7.88. The fourth-order valence-electron chi connectivity index (χ4n) is 3.63. The lowest BCUT2D eigenvalue weighted by atomic mass is 9.77. The first-order valence-corrected chi connectivity index (χ1v) is 9.11. The first kappa shape index (κ1) is 22.6. The fraction of sp³-hybridized carbons (Fsp3) is 0.350. The highest BCUT2D eigenvalue weighted by molar-refractivity contribution is 5.97. The van der Waals surface area contributed by atoms with Crippen LogP contribution in [0.15, 0.2) is 36.5 Å². The average molecular weight is 443 g/mol. The molecule has 0 saturated carbocycles. The fourth-order valence-corrected chi connectivity index (χ4v) is 3.63. The highest BCUT2D eigenvalue weighted by atomic mass is 19.4. The Kier molecular flexibility index (Phi) is 5.74. The summed E-state index contributed by atoms with van der Waals surface area (Å²) >= 11 is 0. The van der Waals surface area contributed by atoms with Crippen molar-refractivity contribution in [2.45, 2.75) is 37.6 Å². The van der Waals surface area contributed by atoms with Gasteiger partial charge in [-0.1, -0.05) is 13.0 Å². The molecule has 1 aliphatic heterocycles. The van der Waals surface area contributed by atoms with Crippen LogP contribution in [0.4, 0.5) is 27.6 Å². The van der Waals surface area contributed by atoms with Crippen molar-refractivity contribution in [3.8, 4) is 0 Å². The molecule has 1 aliphatic rings. The van der Waals surface area contributed by atoms with Gasteiger partial charge in [-0.3, -0.25) is 14.6 Å². The van der Waals surface area contributed by atoms with Crippen LogP contribution in [0.3, 0.4) is 0 Å². The lowest BCUT2D eigenvalue weighted by Crippen LogP contribution is -2.47. The Bertz CT molecular complexity index is 1030. The summed E-state index contributed by atoms with van der Waals surface area (Å²) in [5.74, 6) is -6.82. The summed E-state index contributed by atoms with van der Waals surface area (Å²) in [5.41, 5.74) is 2.27. The van der Waals surface area contributed by atoms with Crippen LogP contribution in [-0.4, -0.2) is 34.7 Å². The zero-order valence-corrected chi connectivity index (χ0v) is 16.3. The number of rotatable bonds is 4. The molecule has 2 heterocycles. The van der Waals surface area contributed by atoms with E-state index in [0.717, 1.165) is 31.2 Å². The van der Waals surface area contributed by atoms with E-state index >= 15 is 0 Å². The van der Waals surface area contributed by atoms with E-state index in [4.69, 9.17) is 10.5 Å². The van der Waals surface area contributed by atoms with E-state index in [1.807, 2.05) is 0 Å². The van der Waals surface area contributed by atoms with Gasteiger partial charge >= 0.3 is 6.18 Å². The lowest BCUT2D eigenvalue weighted by Gasteiger charge is -2.31. The number of hydrogen-bond donors (Lipinski definition) is 2. The number of hydrogen-bond acceptors (Lipinski definition) is 4. The highest BCUT2D eigenvalue weighted by Gasteiger charge is 2.65. The molecule has 0 bridgehead atoms. The van der Waals surface area contributed by atoms with Crippen LogP contribution < -0.4 is 11.1 Å². The molecule has 1 aromatic heterocycles. The first-order valence-electron chi connectivity index (χ1n) is 9.11. The molecular weight excluding hydrogens is 425 g/mol. The number of nitrogens with one attached hydrogen (secondary N) is 1. The van der Waals surface area contributed by atoms with Gasteiger partial charge in [0, 0.05) is 23.7 Å². The third-order valence-corrected chi connectivity index (χ3v) is 5.54. The summed E-state index contributed by atoms with van der Waals surface area (Å²) in [6.45, 7) is 2.03. The number of nitrogens with two attached hydrogens (primary N) is 1. The molecule has 4 atom stereocenters. The van der Waals surface area contributed by atoms with Crippen LogP contribution in [0.1, 0.15) is 35.8 Å². The summed E-state index contributed by atoms with van der Waals surface area (Å²) in [7, 11) is 0. The van der Waals surface area contributed by atoms with Gasteiger partial charge in [0.1, 0.15) is 11.8 Å². The second-order valence-corrected chi connectivity index (χ2v) is 7.41. The summed E-state index contributed by atoms with van der Waals surface area (Å²) in [4.78, 5) is 27.9. The molecule has 31 heavy (non-hydrogen) atoms. The van der Waals surface area contributed by atoms with E-state index in [2.05, 4.69) is 10.3 Å². The molecule has 1 fully saturated rings. The molecule has 0 radical (unpaired) electrons. The highest BCUT2D eigenvalue weighted by Crippen LogP contribution is 2.53. The maximum absolute atomic E-state index is 13.8. The molecule has 6 nitrogen and oxygen atoms in total. The van der Waals surface area contributed by atoms with Crippen LogP contribution >= 0.6 is 0 Å². The number of aromatic nitrogens is 1. The van der Waals surface area contributed by atoms with E-state index in [1.165, 1.54) is 19.2 Å². The quantitative estimate of drug-likeness (QED) is 0.707. The van der Waals surface area contributed by atoms with E-state index in [-0.39, 0.29) is 16.9 Å². The molecular formula is C20H18F5N3O3. The molecule has 3 rings (SSSR count). The minimum Gasteiger partial charge on any atom is -0.364 e. The standard InChI is InChI=1S/C20H18F5N3O3/c1-9-15(10-3-4-12(21)13(22)7-10)16(31-19(9,2)20(23,24)25)18(30)28-11-5-6-27-14(8-11)17(26)29/h3-9,15-16H,1-2H3,(H2,26,29)(H,27,28,30)/t9-,15+,16-,19-/m0/s1. The van der Waals surface area contributed by atoms with E-state index in [9.17, 15) is 31.5 Å². The van der Waals surface area contributed by atoms with Crippen LogP contribution in [0.5, 0.6) is 0 Å². The van der Waals surface area contributed by atoms with Crippen LogP contribution in [0.2, 0.25) is 0 Å². The minimum absolute atomic E-state index is 0.0212. The first-order chi connectivity index (χ1) is 14.3. The monoisotopic (exact) mass is 443 g/mol. The van der Waals surface area contributed by atoms with Crippen molar-refractivity contribution in [3.05, 3.63) is 59.4 Å². The maximum atomic E-state index is 13.8. The molecule has 0 spiro atoms. The van der Waals surface area contributed by atoms with Gasteiger partial charge in [-0.25, -0.2) is 8.78 Å². The van der Waals surface area contributed by atoms with E-state index < -0.39 is 53.2 Å². The van der Waals surface area contributed by atoms with Gasteiger partial charge in [-0.05, 0) is 36.8 Å². The zero-order chi connectivity index (χ0) is 23.1. The number of amides is 2. The molecule has 2 amide bonds. The average Bonchev–Trinajstić information content (AvgIpc) is 2.96. The Balaban J connectivity index is 2.00. The van der Waals surface area contributed by atoms with Crippen LogP contribution in [0.25, 0.3) is 0 Å². The Morgan fingerprint density at radius 3 is 2.42 bits per heavy atom. The topological polar surface area (TPSA) is 94.3 Å². The maximum Gasteiger partial charge on any atom is 0.417 e. The predicted octanol–water partition coefficient (Wildman–Crippen LogP) is 3.54. The lowest BCUT2D eigenvalue weighted by molar-refractivity contribution is -0.272. The molecule has 1 saturated heterocycles. The SMILES string of the molecule is C[C@H]1[C@H](c2ccc(F)c(F)c2)[C@@H](C(=O)Nc2ccnc(C(N)=O)c2)O[C@]1(C)C(F)(F)F.